The molecular formula is C7H12N4O. The van der Waals surface area contributed by atoms with Crippen molar-refractivity contribution >= 4 is 6.01 Å². The van der Waals surface area contributed by atoms with E-state index in [9.17, 15) is 0 Å². The van der Waals surface area contributed by atoms with Gasteiger partial charge in [-0.3, -0.25) is 0 Å². The summed E-state index contributed by atoms with van der Waals surface area (Å²) in [5.41, 5.74) is 5.50. The van der Waals surface area contributed by atoms with Gasteiger partial charge in [0.25, 0.3) is 0 Å². The summed E-state index contributed by atoms with van der Waals surface area (Å²) >= 11 is 0. The van der Waals surface area contributed by atoms with Crippen molar-refractivity contribution in [3.05, 3.63) is 5.89 Å². The van der Waals surface area contributed by atoms with Gasteiger partial charge in [-0.25, -0.2) is 0 Å². The van der Waals surface area contributed by atoms with E-state index < -0.39 is 0 Å². The predicted octanol–water partition coefficient (Wildman–Crippen LogP) is 0.493. The minimum absolute atomic E-state index is 0.179. The zero-order valence-corrected chi connectivity index (χ0v) is 7.00. The number of aromatic nitrogens is 2. The molecule has 0 amide bonds. The summed E-state index contributed by atoms with van der Waals surface area (Å²) in [6.45, 7) is 2.42. The zero-order valence-electron chi connectivity index (χ0n) is 7.00. The van der Waals surface area contributed by atoms with E-state index in [1.54, 1.807) is 0 Å². The molecule has 0 aromatic carbocycles. The first-order valence-corrected chi connectivity index (χ1v) is 4.02. The monoisotopic (exact) mass is 168 g/mol. The second-order valence-electron chi connectivity index (χ2n) is 3.39. The van der Waals surface area contributed by atoms with Crippen molar-refractivity contribution in [1.29, 1.82) is 0 Å². The fourth-order valence-corrected chi connectivity index (χ4v) is 0.957. The minimum Gasteiger partial charge on any atom is -0.407 e. The molecule has 1 aliphatic carbocycles. The summed E-state index contributed by atoms with van der Waals surface area (Å²) in [5.74, 6) is 0.474. The fourth-order valence-electron chi connectivity index (χ4n) is 0.957. The van der Waals surface area contributed by atoms with Crippen LogP contribution in [-0.4, -0.2) is 15.7 Å². The number of hydrogen-bond acceptors (Lipinski definition) is 5. The van der Waals surface area contributed by atoms with Gasteiger partial charge in [-0.05, 0) is 19.8 Å². The quantitative estimate of drug-likeness (QED) is 0.687. The van der Waals surface area contributed by atoms with Crippen LogP contribution in [0.2, 0.25) is 0 Å². The number of rotatable bonds is 3. The van der Waals surface area contributed by atoms with Crippen molar-refractivity contribution in [1.82, 2.24) is 10.2 Å². The zero-order chi connectivity index (χ0) is 8.60. The predicted molar refractivity (Wildman–Crippen MR) is 43.5 cm³/mol. The number of anilines is 1. The lowest BCUT2D eigenvalue weighted by Crippen LogP contribution is -2.15. The average molecular weight is 168 g/mol. The highest BCUT2D eigenvalue weighted by atomic mass is 16.4. The first kappa shape index (κ1) is 7.54. The maximum absolute atomic E-state index is 5.32. The average Bonchev–Trinajstić information content (AvgIpc) is 2.63. The second-order valence-corrected chi connectivity index (χ2v) is 3.39. The molecule has 0 radical (unpaired) electrons. The van der Waals surface area contributed by atoms with Crippen LogP contribution in [0, 0.1) is 0 Å². The van der Waals surface area contributed by atoms with Crippen LogP contribution in [0.4, 0.5) is 6.01 Å². The van der Waals surface area contributed by atoms with E-state index in [2.05, 4.69) is 22.4 Å². The highest BCUT2D eigenvalue weighted by molar-refractivity contribution is 5.28. The maximum Gasteiger partial charge on any atom is 0.315 e. The van der Waals surface area contributed by atoms with Gasteiger partial charge in [-0.2, -0.15) is 0 Å². The van der Waals surface area contributed by atoms with Gasteiger partial charge in [0.2, 0.25) is 5.89 Å². The molecule has 1 aromatic heterocycles. The van der Waals surface area contributed by atoms with Crippen LogP contribution in [0.25, 0.3) is 0 Å². The third kappa shape index (κ3) is 1.40. The number of nitrogens with two attached hydrogens (primary N) is 1. The molecule has 1 aromatic rings. The minimum atomic E-state index is 0.179. The van der Waals surface area contributed by atoms with E-state index in [0.717, 1.165) is 12.8 Å². The Labute approximate surface area is 70.3 Å². The molecule has 1 aliphatic rings. The largest absolute Gasteiger partial charge is 0.407 e. The number of nitrogens with one attached hydrogen (secondary N) is 1. The molecule has 0 atom stereocenters. The van der Waals surface area contributed by atoms with E-state index in [4.69, 9.17) is 10.2 Å². The Bertz CT molecular complexity index is 279. The van der Waals surface area contributed by atoms with Gasteiger partial charge in [0, 0.05) is 5.54 Å². The number of hydrogen-bond donors (Lipinski definition) is 2. The summed E-state index contributed by atoms with van der Waals surface area (Å²) in [6, 6.07) is 0.482. The Hall–Kier alpha value is -1.10. The van der Waals surface area contributed by atoms with E-state index in [0.29, 0.717) is 18.5 Å². The van der Waals surface area contributed by atoms with Crippen molar-refractivity contribution in [2.75, 3.05) is 5.32 Å². The molecule has 0 bridgehead atoms. The molecule has 5 nitrogen and oxygen atoms in total. The molecule has 0 saturated heterocycles. The van der Waals surface area contributed by atoms with Crippen molar-refractivity contribution in [2.24, 2.45) is 5.73 Å². The van der Waals surface area contributed by atoms with Crippen LogP contribution >= 0.6 is 0 Å². The van der Waals surface area contributed by atoms with Crippen LogP contribution in [0.15, 0.2) is 4.42 Å². The van der Waals surface area contributed by atoms with E-state index in [-0.39, 0.29) is 5.54 Å². The standard InChI is InChI=1S/C7H12N4O/c1-7(2-3-7)9-6-11-10-5(4-8)12-6/h2-4,8H2,1H3,(H,9,11). The molecule has 1 fully saturated rings. The molecule has 3 N–H and O–H groups in total. The van der Waals surface area contributed by atoms with Gasteiger partial charge in [0.1, 0.15) is 0 Å². The molecule has 1 heterocycles. The van der Waals surface area contributed by atoms with E-state index in [1.165, 1.54) is 0 Å². The van der Waals surface area contributed by atoms with Crippen LogP contribution in [0.5, 0.6) is 0 Å². The van der Waals surface area contributed by atoms with Crippen LogP contribution in [0.3, 0.4) is 0 Å². The first-order valence-electron chi connectivity index (χ1n) is 4.02. The normalized spacial score (nSPS) is 19.2. The fraction of sp³-hybridized carbons (Fsp3) is 0.714. The van der Waals surface area contributed by atoms with Crippen molar-refractivity contribution < 1.29 is 4.42 Å². The maximum atomic E-state index is 5.32. The van der Waals surface area contributed by atoms with Gasteiger partial charge in [0.15, 0.2) is 0 Å². The lowest BCUT2D eigenvalue weighted by Gasteiger charge is -2.06. The van der Waals surface area contributed by atoms with Crippen molar-refractivity contribution in [2.45, 2.75) is 31.8 Å². The SMILES string of the molecule is CC1(Nc2nnc(CN)o2)CC1. The Kier molecular flexibility index (Phi) is 1.54. The van der Waals surface area contributed by atoms with Gasteiger partial charge < -0.3 is 15.5 Å². The number of nitrogens with zero attached hydrogens (tertiary/aromatic N) is 2. The Balaban J connectivity index is 2.03. The van der Waals surface area contributed by atoms with Crippen LogP contribution < -0.4 is 11.1 Å². The van der Waals surface area contributed by atoms with E-state index in [1.807, 2.05) is 0 Å². The third-order valence-corrected chi connectivity index (χ3v) is 2.05. The smallest absolute Gasteiger partial charge is 0.315 e. The summed E-state index contributed by atoms with van der Waals surface area (Å²) in [4.78, 5) is 0. The first-order chi connectivity index (χ1) is 5.72. The highest BCUT2D eigenvalue weighted by Gasteiger charge is 2.38. The molecule has 0 spiro atoms. The molecule has 5 heteroatoms. The van der Waals surface area contributed by atoms with Gasteiger partial charge >= 0.3 is 6.01 Å². The lowest BCUT2D eigenvalue weighted by molar-refractivity contribution is 0.501. The molecule has 2 rings (SSSR count). The summed E-state index contributed by atoms with van der Waals surface area (Å²) in [6.07, 6.45) is 2.32. The molecular weight excluding hydrogens is 156 g/mol. The molecule has 1 saturated carbocycles. The Morgan fingerprint density at radius 1 is 1.58 bits per heavy atom. The van der Waals surface area contributed by atoms with Crippen molar-refractivity contribution in [3.63, 3.8) is 0 Å². The van der Waals surface area contributed by atoms with Gasteiger partial charge in [-0.15, -0.1) is 5.10 Å². The summed E-state index contributed by atoms with van der Waals surface area (Å²) in [5, 5.41) is 10.7. The summed E-state index contributed by atoms with van der Waals surface area (Å²) < 4.78 is 5.19. The van der Waals surface area contributed by atoms with Crippen LogP contribution in [0.1, 0.15) is 25.7 Å². The topological polar surface area (TPSA) is 77.0 Å². The molecule has 0 aliphatic heterocycles. The van der Waals surface area contributed by atoms with Crippen LogP contribution in [-0.2, 0) is 6.54 Å². The third-order valence-electron chi connectivity index (χ3n) is 2.05. The molecule has 66 valence electrons. The highest BCUT2D eigenvalue weighted by Crippen LogP contribution is 2.37. The Morgan fingerprint density at radius 3 is 2.83 bits per heavy atom. The Morgan fingerprint density at radius 2 is 2.33 bits per heavy atom. The van der Waals surface area contributed by atoms with Gasteiger partial charge in [-0.1, -0.05) is 5.10 Å². The summed E-state index contributed by atoms with van der Waals surface area (Å²) in [7, 11) is 0. The van der Waals surface area contributed by atoms with E-state index >= 15 is 0 Å². The molecule has 12 heavy (non-hydrogen) atoms. The van der Waals surface area contributed by atoms with Gasteiger partial charge in [0.05, 0.1) is 6.54 Å². The van der Waals surface area contributed by atoms with Crippen molar-refractivity contribution in [3.8, 4) is 0 Å². The molecule has 0 unspecified atom stereocenters. The second kappa shape index (κ2) is 2.45. The lowest BCUT2D eigenvalue weighted by atomic mass is 10.3.